The zero-order chi connectivity index (χ0) is 14.5. The molecule has 2 fully saturated rings. The van der Waals surface area contributed by atoms with E-state index in [0.717, 1.165) is 0 Å². The summed E-state index contributed by atoms with van der Waals surface area (Å²) in [6, 6.07) is 0. The molecule has 108 valence electrons. The first kappa shape index (κ1) is 16.2. The Balaban J connectivity index is 2.29. The van der Waals surface area contributed by atoms with Gasteiger partial charge in [-0.15, -0.1) is 58.0 Å². The van der Waals surface area contributed by atoms with Crippen molar-refractivity contribution in [2.45, 2.75) is 30.2 Å². The fourth-order valence-corrected chi connectivity index (χ4v) is 8.08. The lowest BCUT2D eigenvalue weighted by Gasteiger charge is -2.35. The molecule has 0 heterocycles. The lowest BCUT2D eigenvalue weighted by atomic mass is 9.84. The van der Waals surface area contributed by atoms with Gasteiger partial charge in [0.05, 0.1) is 26.2 Å². The topological polar surface area (TPSA) is 0 Å². The molecule has 2 bridgehead atoms. The minimum Gasteiger partial charge on any atom is -0.121 e. The second-order valence-corrected chi connectivity index (χ2v) is 9.80. The van der Waals surface area contributed by atoms with Gasteiger partial charge in [-0.1, -0.05) is 46.4 Å². The summed E-state index contributed by atoms with van der Waals surface area (Å²) >= 11 is 57.4. The van der Waals surface area contributed by atoms with Gasteiger partial charge >= 0.3 is 0 Å². The summed E-state index contributed by atoms with van der Waals surface area (Å²) < 4.78 is -1.61. The number of halogens is 9. The molecule has 3 rings (SSSR count). The predicted octanol–water partition coefficient (Wildman–Crippen LogP) is 5.90. The van der Waals surface area contributed by atoms with E-state index in [1.54, 1.807) is 0 Å². The fraction of sp³-hybridized carbons (Fsp3) is 0.800. The molecule has 0 aromatic rings. The van der Waals surface area contributed by atoms with Gasteiger partial charge < -0.3 is 0 Å². The van der Waals surface area contributed by atoms with Crippen LogP contribution in [0.25, 0.3) is 0 Å². The van der Waals surface area contributed by atoms with Crippen LogP contribution in [0.4, 0.5) is 0 Å². The van der Waals surface area contributed by atoms with Crippen LogP contribution >= 0.6 is 104 Å². The molecule has 0 amide bonds. The highest BCUT2D eigenvalue weighted by molar-refractivity contribution is 6.66. The van der Waals surface area contributed by atoms with E-state index in [4.69, 9.17) is 104 Å². The van der Waals surface area contributed by atoms with E-state index in [1.165, 1.54) is 0 Å². The van der Waals surface area contributed by atoms with E-state index >= 15 is 0 Å². The predicted molar refractivity (Wildman–Crippen MR) is 86.2 cm³/mol. The van der Waals surface area contributed by atoms with Crippen LogP contribution in [0.15, 0.2) is 10.1 Å². The zero-order valence-corrected chi connectivity index (χ0v) is 15.6. The monoisotopic (exact) mass is 440 g/mol. The summed E-state index contributed by atoms with van der Waals surface area (Å²) in [6.07, 6.45) is 0. The smallest absolute Gasteiger partial charge is 0.121 e. The second kappa shape index (κ2) is 4.46. The Morgan fingerprint density at radius 1 is 0.632 bits per heavy atom. The molecule has 0 aromatic heterocycles. The molecule has 0 radical (unpaired) electrons. The molecule has 4 unspecified atom stereocenters. The Hall–Kier alpha value is 2.35. The standard InChI is InChI=1S/C10H5Cl9/c11-3-1-2(4(12)5(3)13)9(17)7(15)6(14)8(1,16)10(9,18)19/h1-5H/t1?,2?,3-,4-,5?,8-,9?/m1/s1. The highest BCUT2D eigenvalue weighted by Gasteiger charge is 2.86. The highest BCUT2D eigenvalue weighted by Crippen LogP contribution is 2.79. The lowest BCUT2D eigenvalue weighted by Crippen LogP contribution is -2.48. The highest BCUT2D eigenvalue weighted by atomic mass is 35.5. The number of fused-ring (bicyclic) bond motifs is 5. The van der Waals surface area contributed by atoms with Crippen molar-refractivity contribution in [3.63, 3.8) is 0 Å². The molecule has 0 N–H and O–H groups in total. The molecule has 9 heteroatoms. The average Bonchev–Trinajstić information content (AvgIpc) is 2.69. The molecule has 0 saturated heterocycles. The van der Waals surface area contributed by atoms with Crippen molar-refractivity contribution in [2.75, 3.05) is 0 Å². The third-order valence-corrected chi connectivity index (χ3v) is 10.5. The van der Waals surface area contributed by atoms with Crippen LogP contribution in [0.1, 0.15) is 0 Å². The van der Waals surface area contributed by atoms with Crippen LogP contribution in [0.2, 0.25) is 0 Å². The Bertz CT molecular complexity index is 447. The van der Waals surface area contributed by atoms with E-state index < -0.39 is 42.0 Å². The fourth-order valence-electron chi connectivity index (χ4n) is 3.47. The summed E-state index contributed by atoms with van der Waals surface area (Å²) in [6.45, 7) is 0. The van der Waals surface area contributed by atoms with Crippen molar-refractivity contribution < 1.29 is 0 Å². The SMILES string of the molecule is ClC1=C(Cl)[C@]2(Cl)C3C([C@@H](Cl)C(Cl)[C@@H]3Cl)C1(Cl)C2(Cl)Cl. The molecule has 0 aliphatic heterocycles. The van der Waals surface area contributed by atoms with Crippen LogP contribution in [0, 0.1) is 11.8 Å². The van der Waals surface area contributed by atoms with Gasteiger partial charge in [-0.3, -0.25) is 0 Å². The van der Waals surface area contributed by atoms with Crippen molar-refractivity contribution >= 4 is 104 Å². The van der Waals surface area contributed by atoms with Gasteiger partial charge in [-0.25, -0.2) is 0 Å². The summed E-state index contributed by atoms with van der Waals surface area (Å²) in [5.74, 6) is -0.910. The third kappa shape index (κ3) is 1.47. The summed E-state index contributed by atoms with van der Waals surface area (Å²) in [4.78, 5) is -2.77. The number of hydrogen-bond donors (Lipinski definition) is 0. The Morgan fingerprint density at radius 2 is 0.947 bits per heavy atom. The molecule has 3 aliphatic rings. The average molecular weight is 444 g/mol. The maximum absolute atomic E-state index is 6.63. The van der Waals surface area contributed by atoms with E-state index in [0.29, 0.717) is 0 Å². The number of alkyl halides is 7. The summed E-state index contributed by atoms with van der Waals surface area (Å²) in [7, 11) is 0. The summed E-state index contributed by atoms with van der Waals surface area (Å²) in [5, 5.41) is -1.38. The number of allylic oxidation sites excluding steroid dienone is 2. The normalized spacial score (nSPS) is 58.9. The maximum atomic E-state index is 6.63. The molecule has 19 heavy (non-hydrogen) atoms. The number of rotatable bonds is 0. The largest absolute Gasteiger partial charge is 0.166 e. The minimum absolute atomic E-state index is 0.123. The van der Waals surface area contributed by atoms with Crippen molar-refractivity contribution in [1.29, 1.82) is 0 Å². The lowest BCUT2D eigenvalue weighted by molar-refractivity contribution is 0.388. The van der Waals surface area contributed by atoms with Gasteiger partial charge in [-0.2, -0.15) is 0 Å². The molecular formula is C10H5Cl9. The maximum Gasteiger partial charge on any atom is 0.166 e. The first-order chi connectivity index (χ1) is 8.54. The molecule has 2 saturated carbocycles. The van der Waals surface area contributed by atoms with E-state index in [2.05, 4.69) is 0 Å². The first-order valence-corrected chi connectivity index (χ1v) is 8.86. The van der Waals surface area contributed by atoms with Gasteiger partial charge in [0.15, 0.2) is 4.33 Å². The van der Waals surface area contributed by atoms with E-state index in [-0.39, 0.29) is 10.1 Å². The summed E-state index contributed by atoms with van der Waals surface area (Å²) in [5.41, 5.74) is 0. The third-order valence-electron chi connectivity index (χ3n) is 4.35. The van der Waals surface area contributed by atoms with Gasteiger partial charge in [0, 0.05) is 11.8 Å². The first-order valence-electron chi connectivity index (χ1n) is 5.28. The van der Waals surface area contributed by atoms with Crippen molar-refractivity contribution in [3.8, 4) is 0 Å². The van der Waals surface area contributed by atoms with Crippen molar-refractivity contribution in [3.05, 3.63) is 10.1 Å². The van der Waals surface area contributed by atoms with Crippen LogP contribution in [0.5, 0.6) is 0 Å². The van der Waals surface area contributed by atoms with E-state index in [9.17, 15) is 0 Å². The Labute approximate surface area is 155 Å². The van der Waals surface area contributed by atoms with Gasteiger partial charge in [-0.05, 0) is 0 Å². The molecule has 3 aliphatic carbocycles. The molecule has 7 atom stereocenters. The molecule has 0 spiro atoms. The van der Waals surface area contributed by atoms with Crippen molar-refractivity contribution in [1.82, 2.24) is 0 Å². The van der Waals surface area contributed by atoms with Crippen LogP contribution in [-0.2, 0) is 0 Å². The van der Waals surface area contributed by atoms with Crippen LogP contribution in [0.3, 0.4) is 0 Å². The number of hydrogen-bond acceptors (Lipinski definition) is 0. The van der Waals surface area contributed by atoms with Crippen LogP contribution < -0.4 is 0 Å². The molecule has 0 nitrogen and oxygen atoms in total. The quantitative estimate of drug-likeness (QED) is 0.409. The molecular weight excluding hydrogens is 439 g/mol. The van der Waals surface area contributed by atoms with Gasteiger partial charge in [0.2, 0.25) is 0 Å². The van der Waals surface area contributed by atoms with Gasteiger partial charge in [0.25, 0.3) is 0 Å². The minimum atomic E-state index is -1.61. The Kier molecular flexibility index (Phi) is 3.80. The van der Waals surface area contributed by atoms with E-state index in [1.807, 2.05) is 0 Å². The van der Waals surface area contributed by atoms with Crippen molar-refractivity contribution in [2.24, 2.45) is 11.8 Å². The van der Waals surface area contributed by atoms with Gasteiger partial charge in [0.1, 0.15) is 9.75 Å². The molecule has 0 aromatic carbocycles. The van der Waals surface area contributed by atoms with Crippen LogP contribution in [-0.4, -0.2) is 30.2 Å². The Morgan fingerprint density at radius 3 is 1.26 bits per heavy atom. The second-order valence-electron chi connectivity index (χ2n) is 5.01. The zero-order valence-electron chi connectivity index (χ0n) is 8.79.